The van der Waals surface area contributed by atoms with Gasteiger partial charge in [-0.25, -0.2) is 13.1 Å². The van der Waals surface area contributed by atoms with Gasteiger partial charge in [0.15, 0.2) is 0 Å². The molecule has 1 amide bonds. The highest BCUT2D eigenvalue weighted by molar-refractivity contribution is 9.11. The van der Waals surface area contributed by atoms with Crippen molar-refractivity contribution in [3.63, 3.8) is 0 Å². The molecule has 8 heteroatoms. The van der Waals surface area contributed by atoms with E-state index >= 15 is 0 Å². The summed E-state index contributed by atoms with van der Waals surface area (Å²) in [6.45, 7) is 5.65. The second-order valence-electron chi connectivity index (χ2n) is 5.52. The van der Waals surface area contributed by atoms with Crippen LogP contribution < -0.4 is 10.0 Å². The highest BCUT2D eigenvalue weighted by atomic mass is 79.9. The smallest absolute Gasteiger partial charge is 0.241 e. The predicted octanol–water partition coefficient (Wildman–Crippen LogP) is 2.79. The van der Waals surface area contributed by atoms with Crippen molar-refractivity contribution in [2.45, 2.75) is 37.6 Å². The summed E-state index contributed by atoms with van der Waals surface area (Å²) in [7, 11) is -3.66. The van der Waals surface area contributed by atoms with Crippen molar-refractivity contribution >= 4 is 47.8 Å². The van der Waals surface area contributed by atoms with E-state index in [-0.39, 0.29) is 29.3 Å². The molecular formula is C13H18Br2N2O3S. The maximum atomic E-state index is 12.2. The van der Waals surface area contributed by atoms with Gasteiger partial charge in [-0.05, 0) is 54.9 Å². The van der Waals surface area contributed by atoms with Crippen LogP contribution in [0.2, 0.25) is 0 Å². The summed E-state index contributed by atoms with van der Waals surface area (Å²) in [4.78, 5) is 11.8. The lowest BCUT2D eigenvalue weighted by Crippen LogP contribution is -2.41. The van der Waals surface area contributed by atoms with Crippen LogP contribution in [0, 0.1) is 0 Å². The largest absolute Gasteiger partial charge is 0.351 e. The highest BCUT2D eigenvalue weighted by Gasteiger charge is 2.19. The van der Waals surface area contributed by atoms with E-state index in [0.29, 0.717) is 8.95 Å². The number of halogens is 2. The van der Waals surface area contributed by atoms with Crippen molar-refractivity contribution in [2.75, 3.05) is 6.54 Å². The van der Waals surface area contributed by atoms with Crippen LogP contribution in [-0.4, -0.2) is 26.4 Å². The summed E-state index contributed by atoms with van der Waals surface area (Å²) < 4.78 is 27.9. The highest BCUT2D eigenvalue weighted by Crippen LogP contribution is 2.25. The molecule has 0 aliphatic carbocycles. The van der Waals surface area contributed by atoms with Gasteiger partial charge in [0.25, 0.3) is 0 Å². The Balaban J connectivity index is 2.66. The summed E-state index contributed by atoms with van der Waals surface area (Å²) in [6.07, 6.45) is 0.0854. The third-order valence-electron chi connectivity index (χ3n) is 2.34. The van der Waals surface area contributed by atoms with Crippen LogP contribution in [0.4, 0.5) is 0 Å². The Morgan fingerprint density at radius 1 is 1.24 bits per heavy atom. The number of hydrogen-bond donors (Lipinski definition) is 2. The minimum absolute atomic E-state index is 0.0448. The molecule has 0 saturated heterocycles. The molecule has 0 saturated carbocycles. The molecule has 0 heterocycles. The fourth-order valence-electron chi connectivity index (χ4n) is 1.54. The van der Waals surface area contributed by atoms with E-state index in [0.717, 1.165) is 0 Å². The summed E-state index contributed by atoms with van der Waals surface area (Å²) in [5.41, 5.74) is -0.330. The number of hydrogen-bond acceptors (Lipinski definition) is 3. The molecule has 0 radical (unpaired) electrons. The van der Waals surface area contributed by atoms with E-state index in [9.17, 15) is 13.2 Å². The molecule has 0 aliphatic rings. The Bertz CT molecular complexity index is 625. The number of nitrogens with one attached hydrogen (secondary N) is 2. The normalized spacial score (nSPS) is 12.2. The Morgan fingerprint density at radius 3 is 2.43 bits per heavy atom. The molecule has 0 atom stereocenters. The molecule has 1 aromatic rings. The van der Waals surface area contributed by atoms with E-state index in [1.165, 1.54) is 6.07 Å². The van der Waals surface area contributed by atoms with Crippen LogP contribution in [-0.2, 0) is 14.8 Å². The lowest BCUT2D eigenvalue weighted by molar-refractivity contribution is -0.122. The van der Waals surface area contributed by atoms with Gasteiger partial charge in [-0.3, -0.25) is 4.79 Å². The third kappa shape index (κ3) is 6.46. The topological polar surface area (TPSA) is 75.3 Å². The van der Waals surface area contributed by atoms with E-state index in [4.69, 9.17) is 0 Å². The van der Waals surface area contributed by atoms with E-state index in [2.05, 4.69) is 41.9 Å². The zero-order valence-electron chi connectivity index (χ0n) is 12.0. The van der Waals surface area contributed by atoms with Gasteiger partial charge in [0, 0.05) is 27.4 Å². The first-order valence-corrected chi connectivity index (χ1v) is 9.34. The van der Waals surface area contributed by atoms with Crippen LogP contribution in [0.15, 0.2) is 32.0 Å². The zero-order valence-corrected chi connectivity index (χ0v) is 16.0. The average molecular weight is 442 g/mol. The monoisotopic (exact) mass is 440 g/mol. The van der Waals surface area contributed by atoms with Crippen LogP contribution in [0.25, 0.3) is 0 Å². The number of amides is 1. The van der Waals surface area contributed by atoms with Crippen LogP contribution in [0.5, 0.6) is 0 Å². The van der Waals surface area contributed by atoms with Gasteiger partial charge in [0.1, 0.15) is 0 Å². The first-order valence-electron chi connectivity index (χ1n) is 6.27. The number of carbonyl (C=O) groups excluding carboxylic acids is 1. The molecule has 1 aromatic carbocycles. The molecular weight excluding hydrogens is 424 g/mol. The van der Waals surface area contributed by atoms with Gasteiger partial charge in [-0.2, -0.15) is 0 Å². The van der Waals surface area contributed by atoms with Crippen molar-refractivity contribution < 1.29 is 13.2 Å². The molecule has 0 fully saturated rings. The Hall–Kier alpha value is -0.440. The zero-order chi connectivity index (χ0) is 16.3. The maximum Gasteiger partial charge on any atom is 0.241 e. The van der Waals surface area contributed by atoms with Crippen LogP contribution in [0.1, 0.15) is 27.2 Å². The van der Waals surface area contributed by atoms with Gasteiger partial charge in [-0.1, -0.05) is 15.9 Å². The Morgan fingerprint density at radius 2 is 1.86 bits per heavy atom. The fraction of sp³-hybridized carbons (Fsp3) is 0.462. The van der Waals surface area contributed by atoms with E-state index in [1.807, 2.05) is 20.8 Å². The first-order chi connectivity index (χ1) is 9.51. The van der Waals surface area contributed by atoms with Gasteiger partial charge in [-0.15, -0.1) is 0 Å². The minimum Gasteiger partial charge on any atom is -0.351 e. The molecule has 5 nitrogen and oxygen atoms in total. The summed E-state index contributed by atoms with van der Waals surface area (Å²) in [5, 5.41) is 2.78. The first kappa shape index (κ1) is 18.6. The Kier molecular flexibility index (Phi) is 6.39. The summed E-state index contributed by atoms with van der Waals surface area (Å²) >= 11 is 6.44. The quantitative estimate of drug-likeness (QED) is 0.737. The molecule has 21 heavy (non-hydrogen) atoms. The van der Waals surface area contributed by atoms with Crippen molar-refractivity contribution in [1.82, 2.24) is 10.0 Å². The fourth-order valence-corrected chi connectivity index (χ4v) is 4.07. The van der Waals surface area contributed by atoms with Crippen molar-refractivity contribution in [1.29, 1.82) is 0 Å². The number of carbonyl (C=O) groups is 1. The molecule has 0 bridgehead atoms. The maximum absolute atomic E-state index is 12.2. The van der Waals surface area contributed by atoms with E-state index in [1.54, 1.807) is 12.1 Å². The van der Waals surface area contributed by atoms with Crippen molar-refractivity contribution in [3.8, 4) is 0 Å². The SMILES string of the molecule is CC(C)(C)NC(=O)CCNS(=O)(=O)c1cc(Br)ccc1Br. The minimum atomic E-state index is -3.66. The van der Waals surface area contributed by atoms with Crippen molar-refractivity contribution in [2.24, 2.45) is 0 Å². The summed E-state index contributed by atoms with van der Waals surface area (Å²) in [6, 6.07) is 4.88. The lowest BCUT2D eigenvalue weighted by atomic mass is 10.1. The Labute approximate surface area is 142 Å². The average Bonchev–Trinajstić information content (AvgIpc) is 2.29. The molecule has 2 N–H and O–H groups in total. The number of sulfonamides is 1. The second-order valence-corrected chi connectivity index (χ2v) is 9.03. The number of benzene rings is 1. The molecule has 1 rings (SSSR count). The van der Waals surface area contributed by atoms with Crippen LogP contribution >= 0.6 is 31.9 Å². The second kappa shape index (κ2) is 7.21. The van der Waals surface area contributed by atoms with Gasteiger partial charge in [0.2, 0.25) is 15.9 Å². The van der Waals surface area contributed by atoms with Gasteiger partial charge in [0.05, 0.1) is 4.90 Å². The summed E-state index contributed by atoms with van der Waals surface area (Å²) in [5.74, 6) is -0.196. The van der Waals surface area contributed by atoms with Gasteiger partial charge >= 0.3 is 0 Å². The van der Waals surface area contributed by atoms with E-state index < -0.39 is 10.0 Å². The number of rotatable bonds is 5. The standard InChI is InChI=1S/C13H18Br2N2O3S/c1-13(2,3)17-12(18)6-7-16-21(19,20)11-8-9(14)4-5-10(11)15/h4-5,8,16H,6-7H2,1-3H3,(H,17,18). The third-order valence-corrected chi connectivity index (χ3v) is 5.29. The lowest BCUT2D eigenvalue weighted by Gasteiger charge is -2.20. The molecule has 0 aromatic heterocycles. The predicted molar refractivity (Wildman–Crippen MR) is 89.5 cm³/mol. The van der Waals surface area contributed by atoms with Gasteiger partial charge < -0.3 is 5.32 Å². The molecule has 0 unspecified atom stereocenters. The molecule has 0 spiro atoms. The van der Waals surface area contributed by atoms with Crippen LogP contribution in [0.3, 0.4) is 0 Å². The van der Waals surface area contributed by atoms with Crippen molar-refractivity contribution in [3.05, 3.63) is 27.1 Å². The molecule has 118 valence electrons. The molecule has 0 aliphatic heterocycles.